The van der Waals surface area contributed by atoms with Crippen LogP contribution in [0.1, 0.15) is 34.6 Å². The van der Waals surface area contributed by atoms with Crippen molar-refractivity contribution in [2.75, 3.05) is 0 Å². The second-order valence-corrected chi connectivity index (χ2v) is 6.82. The topological polar surface area (TPSA) is 20.2 Å². The van der Waals surface area contributed by atoms with Crippen LogP contribution in [-0.2, 0) is 12.8 Å². The zero-order valence-corrected chi connectivity index (χ0v) is 14.0. The van der Waals surface area contributed by atoms with Crippen molar-refractivity contribution in [1.29, 1.82) is 0 Å². The maximum Gasteiger partial charge on any atom is 0.118 e. The zero-order valence-electron chi connectivity index (χ0n) is 14.0. The molecule has 1 heteroatoms. The summed E-state index contributed by atoms with van der Waals surface area (Å²) in [6, 6.07) is 23.4. The lowest BCUT2D eigenvalue weighted by molar-refractivity contribution is 0.463. The minimum absolute atomic E-state index is 0.417. The molecule has 1 aliphatic rings. The maximum absolute atomic E-state index is 10.3. The van der Waals surface area contributed by atoms with Crippen LogP contribution in [-0.4, -0.2) is 5.11 Å². The van der Waals surface area contributed by atoms with Gasteiger partial charge in [0.05, 0.1) is 0 Å². The molecule has 3 aromatic carbocycles. The number of rotatable bonds is 2. The monoisotopic (exact) mass is 314 g/mol. The van der Waals surface area contributed by atoms with E-state index < -0.39 is 0 Å². The number of benzene rings is 3. The van der Waals surface area contributed by atoms with Crippen LogP contribution in [0.3, 0.4) is 0 Å². The van der Waals surface area contributed by atoms with E-state index in [0.29, 0.717) is 11.7 Å². The highest BCUT2D eigenvalue weighted by atomic mass is 16.3. The first-order chi connectivity index (χ1) is 11.7. The van der Waals surface area contributed by atoms with Crippen molar-refractivity contribution in [3.05, 3.63) is 89.0 Å². The molecule has 1 atom stereocenters. The molecule has 0 aliphatic heterocycles. The van der Waals surface area contributed by atoms with Gasteiger partial charge >= 0.3 is 0 Å². The van der Waals surface area contributed by atoms with E-state index in [4.69, 9.17) is 0 Å². The van der Waals surface area contributed by atoms with Crippen molar-refractivity contribution in [2.45, 2.75) is 32.1 Å². The fourth-order valence-corrected chi connectivity index (χ4v) is 3.94. The van der Waals surface area contributed by atoms with Crippen molar-refractivity contribution in [3.63, 3.8) is 0 Å². The molecule has 0 radical (unpaired) electrons. The van der Waals surface area contributed by atoms with Gasteiger partial charge in [0.25, 0.3) is 0 Å². The fraction of sp³-hybridized carbons (Fsp3) is 0.217. The summed E-state index contributed by atoms with van der Waals surface area (Å²) in [5.74, 6) is 0.848. The second kappa shape index (κ2) is 6.16. The van der Waals surface area contributed by atoms with Crippen LogP contribution in [0.5, 0.6) is 5.75 Å². The molecule has 0 heterocycles. The molecule has 0 bridgehead atoms. The van der Waals surface area contributed by atoms with Gasteiger partial charge in [0.2, 0.25) is 0 Å². The average Bonchev–Trinajstić information content (AvgIpc) is 2.76. The Morgan fingerprint density at radius 1 is 0.917 bits per heavy atom. The molecule has 3 aromatic rings. The summed E-state index contributed by atoms with van der Waals surface area (Å²) >= 11 is 0. The SMILES string of the molecule is Cc1ccc(O)c(CC2CCc3ccccc3-c3ccccc32)c1. The van der Waals surface area contributed by atoms with Crippen molar-refractivity contribution >= 4 is 0 Å². The molecular weight excluding hydrogens is 292 g/mol. The average molecular weight is 314 g/mol. The lowest BCUT2D eigenvalue weighted by atomic mass is 9.86. The molecule has 24 heavy (non-hydrogen) atoms. The van der Waals surface area contributed by atoms with E-state index in [1.165, 1.54) is 27.8 Å². The highest BCUT2D eigenvalue weighted by Gasteiger charge is 2.22. The highest BCUT2D eigenvalue weighted by Crippen LogP contribution is 2.40. The molecule has 0 spiro atoms. The zero-order chi connectivity index (χ0) is 16.5. The van der Waals surface area contributed by atoms with Crippen LogP contribution >= 0.6 is 0 Å². The van der Waals surface area contributed by atoms with Gasteiger partial charge in [0, 0.05) is 0 Å². The quantitative estimate of drug-likeness (QED) is 0.649. The van der Waals surface area contributed by atoms with E-state index in [-0.39, 0.29) is 0 Å². The van der Waals surface area contributed by atoms with Crippen molar-refractivity contribution in [3.8, 4) is 16.9 Å². The van der Waals surface area contributed by atoms with E-state index in [1.807, 2.05) is 12.1 Å². The number of hydrogen-bond donors (Lipinski definition) is 1. The van der Waals surface area contributed by atoms with Gasteiger partial charge in [0.1, 0.15) is 5.75 Å². The first kappa shape index (κ1) is 15.0. The van der Waals surface area contributed by atoms with Crippen molar-refractivity contribution in [1.82, 2.24) is 0 Å². The highest BCUT2D eigenvalue weighted by molar-refractivity contribution is 5.72. The Morgan fingerprint density at radius 2 is 1.67 bits per heavy atom. The molecule has 1 unspecified atom stereocenters. The first-order valence-electron chi connectivity index (χ1n) is 8.68. The number of aryl methyl sites for hydroxylation is 2. The van der Waals surface area contributed by atoms with Crippen LogP contribution in [0.2, 0.25) is 0 Å². The first-order valence-corrected chi connectivity index (χ1v) is 8.68. The van der Waals surface area contributed by atoms with Crippen molar-refractivity contribution in [2.24, 2.45) is 0 Å². The van der Waals surface area contributed by atoms with Crippen LogP contribution < -0.4 is 0 Å². The Hall–Kier alpha value is -2.54. The van der Waals surface area contributed by atoms with E-state index in [9.17, 15) is 5.11 Å². The molecule has 0 saturated heterocycles. The number of phenols is 1. The third-order valence-corrected chi connectivity index (χ3v) is 5.17. The molecule has 1 nitrogen and oxygen atoms in total. The van der Waals surface area contributed by atoms with Gasteiger partial charge < -0.3 is 5.11 Å². The molecular formula is C23H22O. The van der Waals surface area contributed by atoms with Crippen LogP contribution in [0.25, 0.3) is 11.1 Å². The Morgan fingerprint density at radius 3 is 2.54 bits per heavy atom. The van der Waals surface area contributed by atoms with Crippen LogP contribution in [0.4, 0.5) is 0 Å². The number of phenolic OH excluding ortho intramolecular Hbond substituents is 1. The maximum atomic E-state index is 10.3. The summed E-state index contributed by atoms with van der Waals surface area (Å²) in [4.78, 5) is 0. The second-order valence-electron chi connectivity index (χ2n) is 6.82. The predicted molar refractivity (Wildman–Crippen MR) is 99.5 cm³/mol. The third kappa shape index (κ3) is 2.71. The summed E-state index contributed by atoms with van der Waals surface area (Å²) in [6.45, 7) is 2.08. The van der Waals surface area contributed by atoms with Crippen molar-refractivity contribution < 1.29 is 5.11 Å². The van der Waals surface area contributed by atoms with Crippen LogP contribution in [0, 0.1) is 6.92 Å². The van der Waals surface area contributed by atoms with Gasteiger partial charge in [0.15, 0.2) is 0 Å². The largest absolute Gasteiger partial charge is 0.508 e. The summed E-state index contributed by atoms with van der Waals surface area (Å²) in [6.07, 6.45) is 3.09. The lowest BCUT2D eigenvalue weighted by Gasteiger charge is -2.19. The minimum Gasteiger partial charge on any atom is -0.508 e. The van der Waals surface area contributed by atoms with Gasteiger partial charge in [-0.25, -0.2) is 0 Å². The van der Waals surface area contributed by atoms with Crippen LogP contribution in [0.15, 0.2) is 66.7 Å². The van der Waals surface area contributed by atoms with Gasteiger partial charge in [-0.2, -0.15) is 0 Å². The molecule has 0 saturated carbocycles. The number of fused-ring (bicyclic) bond motifs is 3. The van der Waals surface area contributed by atoms with E-state index in [0.717, 1.165) is 24.8 Å². The van der Waals surface area contributed by atoms with Gasteiger partial charge in [-0.3, -0.25) is 0 Å². The summed E-state index contributed by atoms with van der Waals surface area (Å²) in [5, 5.41) is 10.3. The number of hydrogen-bond acceptors (Lipinski definition) is 1. The molecule has 0 amide bonds. The summed E-state index contributed by atoms with van der Waals surface area (Å²) in [7, 11) is 0. The Labute approximate surface area is 143 Å². The lowest BCUT2D eigenvalue weighted by Crippen LogP contribution is -2.04. The standard InChI is InChI=1S/C23H22O/c1-16-10-13-23(24)19(14-16)15-18-12-11-17-6-2-3-7-20(17)22-9-5-4-8-21(18)22/h2-10,13-14,18,24H,11-12,15H2,1H3. The number of aromatic hydroxyl groups is 1. The summed E-state index contributed by atoms with van der Waals surface area (Å²) < 4.78 is 0. The Bertz CT molecular complexity index is 879. The molecule has 1 aliphatic carbocycles. The molecule has 120 valence electrons. The molecule has 0 aromatic heterocycles. The van der Waals surface area contributed by atoms with Gasteiger partial charge in [-0.15, -0.1) is 0 Å². The Kier molecular flexibility index (Phi) is 3.86. The smallest absolute Gasteiger partial charge is 0.118 e. The van der Waals surface area contributed by atoms with Gasteiger partial charge in [-0.05, 0) is 66.0 Å². The molecule has 0 fully saturated rings. The predicted octanol–water partition coefficient (Wildman–Crippen LogP) is 5.64. The third-order valence-electron chi connectivity index (χ3n) is 5.17. The minimum atomic E-state index is 0.417. The molecule has 1 N–H and O–H groups in total. The van der Waals surface area contributed by atoms with E-state index in [1.54, 1.807) is 0 Å². The normalized spacial score (nSPS) is 16.1. The fourth-order valence-electron chi connectivity index (χ4n) is 3.94. The van der Waals surface area contributed by atoms with E-state index >= 15 is 0 Å². The van der Waals surface area contributed by atoms with Gasteiger partial charge in [-0.1, -0.05) is 66.2 Å². The summed E-state index contributed by atoms with van der Waals surface area (Å²) in [5.41, 5.74) is 7.81. The van der Waals surface area contributed by atoms with E-state index in [2.05, 4.69) is 61.5 Å². The Balaban J connectivity index is 1.77. The molecule has 4 rings (SSSR count).